The molecule has 2 heterocycles. The van der Waals surface area contributed by atoms with Gasteiger partial charge in [0.2, 0.25) is 0 Å². The molecule has 0 unspecified atom stereocenters. The second-order valence-electron chi connectivity index (χ2n) is 7.09. The summed E-state index contributed by atoms with van der Waals surface area (Å²) >= 11 is 0. The molecule has 1 aliphatic heterocycles. The van der Waals surface area contributed by atoms with Gasteiger partial charge in [0.1, 0.15) is 5.69 Å². The molecule has 0 radical (unpaired) electrons. The first-order chi connectivity index (χ1) is 10.4. The van der Waals surface area contributed by atoms with Crippen molar-refractivity contribution in [3.8, 4) is 0 Å². The maximum absolute atomic E-state index is 12.3. The van der Waals surface area contributed by atoms with E-state index < -0.39 is 0 Å². The van der Waals surface area contributed by atoms with E-state index in [9.17, 15) is 4.79 Å². The molecular formula is C16H25N3O3. The fourth-order valence-electron chi connectivity index (χ4n) is 2.67. The molecule has 2 aliphatic rings. The number of carbonyl (C=O) groups is 1. The number of ether oxygens (including phenoxy) is 2. The Hall–Kier alpha value is -1.40. The van der Waals surface area contributed by atoms with Crippen LogP contribution < -0.4 is 5.32 Å². The molecule has 1 aromatic rings. The van der Waals surface area contributed by atoms with Crippen molar-refractivity contribution in [3.05, 3.63) is 17.5 Å². The van der Waals surface area contributed by atoms with Gasteiger partial charge < -0.3 is 14.8 Å². The molecule has 6 nitrogen and oxygen atoms in total. The Bertz CT molecular complexity index is 537. The zero-order chi connectivity index (χ0) is 15.7. The van der Waals surface area contributed by atoms with Crippen LogP contribution in [-0.2, 0) is 15.0 Å². The van der Waals surface area contributed by atoms with Gasteiger partial charge in [-0.15, -0.1) is 0 Å². The quantitative estimate of drug-likeness (QED) is 0.919. The predicted molar refractivity (Wildman–Crippen MR) is 82.1 cm³/mol. The van der Waals surface area contributed by atoms with Crippen LogP contribution in [0.15, 0.2) is 6.07 Å². The zero-order valence-electron chi connectivity index (χ0n) is 13.6. The van der Waals surface area contributed by atoms with Gasteiger partial charge >= 0.3 is 0 Å². The van der Waals surface area contributed by atoms with Crippen LogP contribution in [0.5, 0.6) is 0 Å². The van der Waals surface area contributed by atoms with Crippen LogP contribution >= 0.6 is 0 Å². The van der Waals surface area contributed by atoms with E-state index in [0.29, 0.717) is 38.0 Å². The van der Waals surface area contributed by atoms with Gasteiger partial charge in [-0.1, -0.05) is 0 Å². The second-order valence-corrected chi connectivity index (χ2v) is 7.09. The highest BCUT2D eigenvalue weighted by Gasteiger charge is 2.32. The van der Waals surface area contributed by atoms with E-state index in [1.165, 1.54) is 18.5 Å². The lowest BCUT2D eigenvalue weighted by Gasteiger charge is -2.23. The largest absolute Gasteiger partial charge is 0.376 e. The van der Waals surface area contributed by atoms with Crippen LogP contribution in [0.25, 0.3) is 0 Å². The van der Waals surface area contributed by atoms with Crippen molar-refractivity contribution < 1.29 is 14.3 Å². The van der Waals surface area contributed by atoms with Gasteiger partial charge in [-0.3, -0.25) is 9.48 Å². The summed E-state index contributed by atoms with van der Waals surface area (Å²) in [7, 11) is 0. The Morgan fingerprint density at radius 1 is 1.41 bits per heavy atom. The fraction of sp³-hybridized carbons (Fsp3) is 0.750. The minimum Gasteiger partial charge on any atom is -0.376 e. The number of nitrogens with zero attached hydrogens (tertiary/aromatic N) is 2. The van der Waals surface area contributed by atoms with Gasteiger partial charge in [0.15, 0.2) is 0 Å². The molecule has 1 aromatic heterocycles. The molecule has 1 saturated heterocycles. The molecular weight excluding hydrogens is 282 g/mol. The first kappa shape index (κ1) is 15.5. The van der Waals surface area contributed by atoms with E-state index in [1.54, 1.807) is 0 Å². The smallest absolute Gasteiger partial charge is 0.271 e. The van der Waals surface area contributed by atoms with E-state index in [0.717, 1.165) is 0 Å². The molecule has 3 rings (SSSR count). The topological polar surface area (TPSA) is 65.4 Å². The average molecular weight is 307 g/mol. The lowest BCUT2D eigenvalue weighted by molar-refractivity contribution is -0.0855. The summed E-state index contributed by atoms with van der Waals surface area (Å²) in [5.41, 5.74) is 1.56. The molecule has 1 saturated carbocycles. The predicted octanol–water partition coefficient (Wildman–Crippen LogP) is 1.66. The molecule has 1 amide bonds. The van der Waals surface area contributed by atoms with E-state index in [1.807, 2.05) is 10.7 Å². The van der Waals surface area contributed by atoms with Crippen LogP contribution in [0.2, 0.25) is 0 Å². The minimum atomic E-state index is -0.140. The summed E-state index contributed by atoms with van der Waals surface area (Å²) in [6.45, 7) is 8.54. The van der Waals surface area contributed by atoms with E-state index in [2.05, 4.69) is 31.2 Å². The van der Waals surface area contributed by atoms with Gasteiger partial charge in [0.25, 0.3) is 5.91 Å². The SMILES string of the molecule is CC(C)(C)n1nc(C(=O)NC[C@@H]2COCCO2)cc1C1CC1. The van der Waals surface area contributed by atoms with Crippen LogP contribution in [-0.4, -0.2) is 48.2 Å². The Morgan fingerprint density at radius 3 is 2.77 bits per heavy atom. The number of aromatic nitrogens is 2. The van der Waals surface area contributed by atoms with Crippen molar-refractivity contribution in [2.75, 3.05) is 26.4 Å². The molecule has 1 atom stereocenters. The lowest BCUT2D eigenvalue weighted by atomic mass is 10.1. The second kappa shape index (κ2) is 6.01. The summed E-state index contributed by atoms with van der Waals surface area (Å²) in [5, 5.41) is 7.44. The Kier molecular flexibility index (Phi) is 4.23. The lowest BCUT2D eigenvalue weighted by Crippen LogP contribution is -2.39. The number of nitrogens with one attached hydrogen (secondary N) is 1. The third kappa shape index (κ3) is 3.50. The summed E-state index contributed by atoms with van der Waals surface area (Å²) in [6.07, 6.45) is 2.32. The zero-order valence-corrected chi connectivity index (χ0v) is 13.6. The van der Waals surface area contributed by atoms with E-state index >= 15 is 0 Å². The molecule has 2 fully saturated rings. The van der Waals surface area contributed by atoms with Crippen molar-refractivity contribution in [3.63, 3.8) is 0 Å². The fourth-order valence-corrected chi connectivity index (χ4v) is 2.67. The Labute approximate surface area is 131 Å². The van der Waals surface area contributed by atoms with Crippen molar-refractivity contribution in [1.29, 1.82) is 0 Å². The van der Waals surface area contributed by atoms with E-state index in [4.69, 9.17) is 9.47 Å². The number of carbonyl (C=O) groups excluding carboxylic acids is 1. The number of hydrogen-bond donors (Lipinski definition) is 1. The third-order valence-corrected chi connectivity index (χ3v) is 3.98. The van der Waals surface area contributed by atoms with Crippen LogP contribution in [0, 0.1) is 0 Å². The maximum atomic E-state index is 12.3. The summed E-state index contributed by atoms with van der Waals surface area (Å²) in [5.74, 6) is 0.419. The van der Waals surface area contributed by atoms with Crippen LogP contribution in [0.1, 0.15) is 55.7 Å². The molecule has 122 valence electrons. The highest BCUT2D eigenvalue weighted by molar-refractivity contribution is 5.92. The van der Waals surface area contributed by atoms with Crippen molar-refractivity contribution in [2.24, 2.45) is 0 Å². The van der Waals surface area contributed by atoms with Gasteiger partial charge in [-0.2, -0.15) is 5.10 Å². The average Bonchev–Trinajstić information content (AvgIpc) is 3.23. The monoisotopic (exact) mass is 307 g/mol. The molecule has 0 bridgehead atoms. The molecule has 6 heteroatoms. The van der Waals surface area contributed by atoms with E-state index in [-0.39, 0.29) is 17.6 Å². The van der Waals surface area contributed by atoms with Gasteiger partial charge in [-0.25, -0.2) is 0 Å². The summed E-state index contributed by atoms with van der Waals surface area (Å²) in [6, 6.07) is 1.94. The number of amides is 1. The number of hydrogen-bond acceptors (Lipinski definition) is 4. The Balaban J connectivity index is 1.67. The number of rotatable bonds is 4. The normalized spacial score (nSPS) is 22.6. The van der Waals surface area contributed by atoms with Crippen molar-refractivity contribution in [2.45, 2.75) is 51.2 Å². The van der Waals surface area contributed by atoms with Gasteiger partial charge in [-0.05, 0) is 39.7 Å². The minimum absolute atomic E-state index is 0.0645. The Morgan fingerprint density at radius 2 is 2.18 bits per heavy atom. The molecule has 0 aromatic carbocycles. The molecule has 0 spiro atoms. The molecule has 1 aliphatic carbocycles. The highest BCUT2D eigenvalue weighted by Crippen LogP contribution is 2.41. The van der Waals surface area contributed by atoms with Crippen LogP contribution in [0.3, 0.4) is 0 Å². The molecule has 1 N–H and O–H groups in total. The highest BCUT2D eigenvalue weighted by atomic mass is 16.6. The van der Waals surface area contributed by atoms with Gasteiger partial charge in [0, 0.05) is 18.2 Å². The van der Waals surface area contributed by atoms with Crippen LogP contribution in [0.4, 0.5) is 0 Å². The first-order valence-electron chi connectivity index (χ1n) is 8.03. The summed E-state index contributed by atoms with van der Waals surface area (Å²) in [4.78, 5) is 12.3. The van der Waals surface area contributed by atoms with Crippen molar-refractivity contribution >= 4 is 5.91 Å². The van der Waals surface area contributed by atoms with Crippen molar-refractivity contribution in [1.82, 2.24) is 15.1 Å². The third-order valence-electron chi connectivity index (χ3n) is 3.98. The molecule has 22 heavy (non-hydrogen) atoms. The van der Waals surface area contributed by atoms with Gasteiger partial charge in [0.05, 0.1) is 31.5 Å². The maximum Gasteiger partial charge on any atom is 0.271 e. The first-order valence-corrected chi connectivity index (χ1v) is 8.03. The summed E-state index contributed by atoms with van der Waals surface area (Å²) < 4.78 is 12.9. The standard InChI is InChI=1S/C16H25N3O3/c1-16(2,3)19-14(11-4-5-11)8-13(18-19)15(20)17-9-12-10-21-6-7-22-12/h8,11-12H,4-7,9-10H2,1-3H3,(H,17,20)/t12-/m1/s1.